The first kappa shape index (κ1) is 11.6. The van der Waals surface area contributed by atoms with Gasteiger partial charge in [0, 0.05) is 22.0 Å². The third kappa shape index (κ3) is 2.22. The molecule has 2 N–H and O–H groups in total. The minimum Gasteiger partial charge on any atom is -0.384 e. The Kier molecular flexibility index (Phi) is 2.78. The number of aromatic nitrogens is 2. The average molecular weight is 308 g/mol. The maximum Gasteiger partial charge on any atom is 0.134 e. The lowest BCUT2D eigenvalue weighted by atomic mass is 10.1. The maximum absolute atomic E-state index is 13.8. The molecule has 1 aliphatic carbocycles. The highest BCUT2D eigenvalue weighted by molar-refractivity contribution is 9.10. The molecule has 0 saturated heterocycles. The van der Waals surface area contributed by atoms with Crippen LogP contribution in [0, 0.1) is 5.82 Å². The zero-order chi connectivity index (χ0) is 12.7. The molecule has 1 aromatic heterocycles. The molecule has 1 aromatic carbocycles. The van der Waals surface area contributed by atoms with E-state index < -0.39 is 0 Å². The van der Waals surface area contributed by atoms with E-state index in [1.54, 1.807) is 18.2 Å². The Balaban J connectivity index is 2.12. The van der Waals surface area contributed by atoms with Crippen molar-refractivity contribution in [2.24, 2.45) is 0 Å². The average Bonchev–Trinajstić information content (AvgIpc) is 3.15. The first-order valence-corrected chi connectivity index (χ1v) is 6.52. The Morgan fingerprint density at radius 2 is 2.00 bits per heavy atom. The van der Waals surface area contributed by atoms with Crippen LogP contribution in [0.1, 0.15) is 24.6 Å². The van der Waals surface area contributed by atoms with Crippen LogP contribution >= 0.6 is 15.9 Å². The summed E-state index contributed by atoms with van der Waals surface area (Å²) in [4.78, 5) is 8.62. The van der Waals surface area contributed by atoms with Crippen LogP contribution in [0.5, 0.6) is 0 Å². The molecule has 1 saturated carbocycles. The van der Waals surface area contributed by atoms with Crippen molar-refractivity contribution < 1.29 is 4.39 Å². The van der Waals surface area contributed by atoms with Crippen molar-refractivity contribution in [2.75, 3.05) is 5.73 Å². The third-order valence-electron chi connectivity index (χ3n) is 2.91. The fraction of sp³-hybridized carbons (Fsp3) is 0.231. The van der Waals surface area contributed by atoms with Crippen molar-refractivity contribution in [3.63, 3.8) is 0 Å². The summed E-state index contributed by atoms with van der Waals surface area (Å²) >= 11 is 3.33. The van der Waals surface area contributed by atoms with Crippen LogP contribution in [-0.2, 0) is 0 Å². The summed E-state index contributed by atoms with van der Waals surface area (Å²) in [7, 11) is 0. The van der Waals surface area contributed by atoms with E-state index in [1.165, 1.54) is 6.07 Å². The standard InChI is InChI=1S/C13H11BrFN3/c14-8-3-4-10(15)9(5-8)11-6-12(16)18-13(17-11)7-1-2-7/h3-7H,1-2H2,(H2,16,17,18). The van der Waals surface area contributed by atoms with Gasteiger partial charge in [0.15, 0.2) is 0 Å². The van der Waals surface area contributed by atoms with E-state index in [4.69, 9.17) is 5.73 Å². The molecule has 0 spiro atoms. The van der Waals surface area contributed by atoms with Crippen LogP contribution in [0.15, 0.2) is 28.7 Å². The predicted molar refractivity (Wildman–Crippen MR) is 71.5 cm³/mol. The van der Waals surface area contributed by atoms with Crippen molar-refractivity contribution >= 4 is 21.7 Å². The van der Waals surface area contributed by atoms with Gasteiger partial charge in [-0.05, 0) is 31.0 Å². The molecule has 0 atom stereocenters. The van der Waals surface area contributed by atoms with E-state index in [9.17, 15) is 4.39 Å². The van der Waals surface area contributed by atoms with Gasteiger partial charge in [-0.2, -0.15) is 0 Å². The van der Waals surface area contributed by atoms with Crippen molar-refractivity contribution in [3.8, 4) is 11.3 Å². The van der Waals surface area contributed by atoms with Crippen LogP contribution in [0.2, 0.25) is 0 Å². The van der Waals surface area contributed by atoms with Crippen LogP contribution in [0.3, 0.4) is 0 Å². The Morgan fingerprint density at radius 1 is 1.22 bits per heavy atom. The number of nitrogens with two attached hydrogens (primary N) is 1. The first-order chi connectivity index (χ1) is 8.63. The van der Waals surface area contributed by atoms with Crippen molar-refractivity contribution in [1.29, 1.82) is 0 Å². The summed E-state index contributed by atoms with van der Waals surface area (Å²) in [6.45, 7) is 0. The Labute approximate surface area is 112 Å². The van der Waals surface area contributed by atoms with Gasteiger partial charge in [-0.15, -0.1) is 0 Å². The summed E-state index contributed by atoms with van der Waals surface area (Å²) < 4.78 is 14.6. The van der Waals surface area contributed by atoms with Gasteiger partial charge in [-0.3, -0.25) is 0 Å². The van der Waals surface area contributed by atoms with Gasteiger partial charge in [-0.1, -0.05) is 15.9 Å². The lowest BCUT2D eigenvalue weighted by molar-refractivity contribution is 0.630. The minimum absolute atomic E-state index is 0.307. The smallest absolute Gasteiger partial charge is 0.134 e. The Hall–Kier alpha value is -1.49. The molecule has 3 rings (SSSR count). The molecule has 92 valence electrons. The molecule has 0 unspecified atom stereocenters. The second-order valence-corrected chi connectivity index (χ2v) is 5.35. The molecule has 0 bridgehead atoms. The molecule has 1 aliphatic rings. The van der Waals surface area contributed by atoms with E-state index in [0.717, 1.165) is 23.1 Å². The first-order valence-electron chi connectivity index (χ1n) is 5.73. The van der Waals surface area contributed by atoms with E-state index in [2.05, 4.69) is 25.9 Å². The molecule has 1 fully saturated rings. The van der Waals surface area contributed by atoms with E-state index in [0.29, 0.717) is 23.0 Å². The van der Waals surface area contributed by atoms with E-state index in [-0.39, 0.29) is 5.82 Å². The SMILES string of the molecule is Nc1cc(-c2cc(Br)ccc2F)nc(C2CC2)n1. The number of anilines is 1. The number of hydrogen-bond donors (Lipinski definition) is 1. The van der Waals surface area contributed by atoms with Gasteiger partial charge in [0.1, 0.15) is 17.5 Å². The topological polar surface area (TPSA) is 51.8 Å². The molecule has 0 aliphatic heterocycles. The van der Waals surface area contributed by atoms with Crippen molar-refractivity contribution in [2.45, 2.75) is 18.8 Å². The molecular weight excluding hydrogens is 297 g/mol. The lowest BCUT2D eigenvalue weighted by Gasteiger charge is -2.06. The normalized spacial score (nSPS) is 14.8. The molecule has 0 amide bonds. The zero-order valence-electron chi connectivity index (χ0n) is 9.53. The minimum atomic E-state index is -0.307. The maximum atomic E-state index is 13.8. The molecular formula is C13H11BrFN3. The van der Waals surface area contributed by atoms with Crippen LogP contribution in [0.4, 0.5) is 10.2 Å². The zero-order valence-corrected chi connectivity index (χ0v) is 11.1. The highest BCUT2D eigenvalue weighted by Gasteiger charge is 2.27. The van der Waals surface area contributed by atoms with Gasteiger partial charge in [0.2, 0.25) is 0 Å². The van der Waals surface area contributed by atoms with E-state index >= 15 is 0 Å². The second-order valence-electron chi connectivity index (χ2n) is 4.43. The quantitative estimate of drug-likeness (QED) is 0.923. The molecule has 3 nitrogen and oxygen atoms in total. The molecule has 18 heavy (non-hydrogen) atoms. The fourth-order valence-electron chi connectivity index (χ4n) is 1.84. The lowest BCUT2D eigenvalue weighted by Crippen LogP contribution is -2.00. The highest BCUT2D eigenvalue weighted by Crippen LogP contribution is 2.39. The van der Waals surface area contributed by atoms with Gasteiger partial charge >= 0.3 is 0 Å². The number of nitrogens with zero attached hydrogens (tertiary/aromatic N) is 2. The number of rotatable bonds is 2. The van der Waals surface area contributed by atoms with E-state index in [1.807, 2.05) is 0 Å². The largest absolute Gasteiger partial charge is 0.384 e. The highest BCUT2D eigenvalue weighted by atomic mass is 79.9. The van der Waals surface area contributed by atoms with Crippen LogP contribution in [0.25, 0.3) is 11.3 Å². The van der Waals surface area contributed by atoms with Crippen molar-refractivity contribution in [1.82, 2.24) is 9.97 Å². The van der Waals surface area contributed by atoms with Gasteiger partial charge in [-0.25, -0.2) is 14.4 Å². The second kappa shape index (κ2) is 4.31. The Bertz CT molecular complexity index is 611. The number of nitrogen functional groups attached to an aromatic ring is 1. The fourth-order valence-corrected chi connectivity index (χ4v) is 2.20. The third-order valence-corrected chi connectivity index (χ3v) is 3.40. The monoisotopic (exact) mass is 307 g/mol. The molecule has 0 radical (unpaired) electrons. The summed E-state index contributed by atoms with van der Waals surface area (Å²) in [5, 5.41) is 0. The summed E-state index contributed by atoms with van der Waals surface area (Å²) in [5.74, 6) is 1.20. The number of benzene rings is 1. The predicted octanol–water partition coefficient (Wildman–Crippen LogP) is 3.50. The van der Waals surface area contributed by atoms with Crippen LogP contribution < -0.4 is 5.73 Å². The van der Waals surface area contributed by atoms with Crippen molar-refractivity contribution in [3.05, 3.63) is 40.4 Å². The molecule has 5 heteroatoms. The van der Waals surface area contributed by atoms with Gasteiger partial charge < -0.3 is 5.73 Å². The number of hydrogen-bond acceptors (Lipinski definition) is 3. The Morgan fingerprint density at radius 3 is 2.72 bits per heavy atom. The van der Waals surface area contributed by atoms with Crippen LogP contribution in [-0.4, -0.2) is 9.97 Å². The number of halogens is 2. The molecule has 2 aromatic rings. The molecule has 1 heterocycles. The summed E-state index contributed by atoms with van der Waals surface area (Å²) in [6.07, 6.45) is 2.17. The summed E-state index contributed by atoms with van der Waals surface area (Å²) in [5.41, 5.74) is 6.75. The van der Waals surface area contributed by atoms with Gasteiger partial charge in [0.25, 0.3) is 0 Å². The van der Waals surface area contributed by atoms with Gasteiger partial charge in [0.05, 0.1) is 5.69 Å². The summed E-state index contributed by atoms with van der Waals surface area (Å²) in [6, 6.07) is 6.38.